The Morgan fingerprint density at radius 2 is 2.22 bits per heavy atom. The lowest BCUT2D eigenvalue weighted by Gasteiger charge is -2.14. The number of nitrogens with one attached hydrogen (secondary N) is 1. The minimum Gasteiger partial charge on any atom is -0.351 e. The van der Waals surface area contributed by atoms with Crippen LogP contribution in [0, 0.1) is 12.7 Å². The summed E-state index contributed by atoms with van der Waals surface area (Å²) < 4.78 is 13.3. The van der Waals surface area contributed by atoms with Gasteiger partial charge < -0.3 is 11.1 Å². The van der Waals surface area contributed by atoms with Gasteiger partial charge in [-0.3, -0.25) is 9.69 Å². The molecule has 1 aromatic carbocycles. The molecule has 1 amide bonds. The number of aryl methyl sites for hydroxylation is 1. The van der Waals surface area contributed by atoms with Crippen molar-refractivity contribution in [3.05, 3.63) is 35.1 Å². The van der Waals surface area contributed by atoms with E-state index < -0.39 is 0 Å². The summed E-state index contributed by atoms with van der Waals surface area (Å²) >= 11 is 0. The first kappa shape index (κ1) is 14.6. The number of carbonyl (C=O) groups is 1. The summed E-state index contributed by atoms with van der Waals surface area (Å²) in [6.45, 7) is 3.54. The summed E-state index contributed by atoms with van der Waals surface area (Å²) in [5, 5.41) is 2.75. The van der Waals surface area contributed by atoms with E-state index in [0.717, 1.165) is 5.56 Å². The van der Waals surface area contributed by atoms with Crippen LogP contribution >= 0.6 is 0 Å². The summed E-state index contributed by atoms with van der Waals surface area (Å²) in [6, 6.07) is 4.96. The fourth-order valence-electron chi connectivity index (χ4n) is 1.55. The fraction of sp³-hybridized carbons (Fsp3) is 0.462. The summed E-state index contributed by atoms with van der Waals surface area (Å²) in [7, 11) is 1.83. The van der Waals surface area contributed by atoms with Crippen molar-refractivity contribution in [2.24, 2.45) is 5.73 Å². The van der Waals surface area contributed by atoms with Crippen molar-refractivity contribution >= 4 is 5.91 Å². The van der Waals surface area contributed by atoms with E-state index in [4.69, 9.17) is 5.73 Å². The van der Waals surface area contributed by atoms with Crippen LogP contribution in [0.4, 0.5) is 4.39 Å². The number of amides is 1. The van der Waals surface area contributed by atoms with Gasteiger partial charge >= 0.3 is 0 Å². The maximum Gasteiger partial charge on any atom is 0.234 e. The van der Waals surface area contributed by atoms with Crippen molar-refractivity contribution < 1.29 is 9.18 Å². The van der Waals surface area contributed by atoms with E-state index in [0.29, 0.717) is 31.7 Å². The molecule has 0 atom stereocenters. The summed E-state index contributed by atoms with van der Waals surface area (Å²) in [4.78, 5) is 13.4. The zero-order valence-corrected chi connectivity index (χ0v) is 10.9. The average molecular weight is 253 g/mol. The Bertz CT molecular complexity index is 409. The number of likely N-dealkylation sites (N-methyl/N-ethyl adjacent to an activating group) is 1. The third kappa shape index (κ3) is 4.81. The third-order valence-corrected chi connectivity index (χ3v) is 2.65. The minimum absolute atomic E-state index is 0.0908. The van der Waals surface area contributed by atoms with E-state index in [1.165, 1.54) is 6.07 Å². The molecule has 0 saturated carbocycles. The molecule has 3 N–H and O–H groups in total. The van der Waals surface area contributed by atoms with Crippen LogP contribution in [0.3, 0.4) is 0 Å². The largest absolute Gasteiger partial charge is 0.351 e. The van der Waals surface area contributed by atoms with Crippen LogP contribution in [0.25, 0.3) is 0 Å². The Labute approximate surface area is 107 Å². The molecule has 0 fully saturated rings. The molecule has 0 aromatic heterocycles. The Balaban J connectivity index is 2.40. The normalized spacial score (nSPS) is 10.7. The number of halogens is 1. The standard InChI is InChI=1S/C13H20FN3O/c1-10-3-4-11(7-12(10)14)8-16-13(18)9-17(2)6-5-15/h3-4,7H,5-6,8-9,15H2,1-2H3,(H,16,18). The zero-order valence-electron chi connectivity index (χ0n) is 10.9. The van der Waals surface area contributed by atoms with E-state index in [-0.39, 0.29) is 11.7 Å². The Morgan fingerprint density at radius 1 is 1.50 bits per heavy atom. The van der Waals surface area contributed by atoms with Gasteiger partial charge in [0.1, 0.15) is 5.82 Å². The lowest BCUT2D eigenvalue weighted by molar-refractivity contribution is -0.122. The van der Waals surface area contributed by atoms with E-state index in [2.05, 4.69) is 5.32 Å². The summed E-state index contributed by atoms with van der Waals surface area (Å²) in [6.07, 6.45) is 0. The van der Waals surface area contributed by atoms with Gasteiger partial charge in [-0.05, 0) is 31.2 Å². The van der Waals surface area contributed by atoms with Gasteiger partial charge in [-0.25, -0.2) is 4.39 Å². The van der Waals surface area contributed by atoms with E-state index in [1.807, 2.05) is 18.0 Å². The molecule has 5 heteroatoms. The lowest BCUT2D eigenvalue weighted by Crippen LogP contribution is -2.37. The maximum absolute atomic E-state index is 13.3. The molecular formula is C13H20FN3O. The monoisotopic (exact) mass is 253 g/mol. The highest BCUT2D eigenvalue weighted by atomic mass is 19.1. The third-order valence-electron chi connectivity index (χ3n) is 2.65. The van der Waals surface area contributed by atoms with Gasteiger partial charge in [-0.2, -0.15) is 0 Å². The van der Waals surface area contributed by atoms with Gasteiger partial charge in [0.2, 0.25) is 5.91 Å². The highest BCUT2D eigenvalue weighted by Gasteiger charge is 2.06. The number of hydrogen-bond donors (Lipinski definition) is 2. The van der Waals surface area contributed by atoms with Crippen LogP contribution in [-0.4, -0.2) is 37.5 Å². The molecule has 0 bridgehead atoms. The highest BCUT2D eigenvalue weighted by molar-refractivity contribution is 5.77. The van der Waals surface area contributed by atoms with Crippen LogP contribution < -0.4 is 11.1 Å². The topological polar surface area (TPSA) is 58.4 Å². The van der Waals surface area contributed by atoms with E-state index in [9.17, 15) is 9.18 Å². The Hall–Kier alpha value is -1.46. The van der Waals surface area contributed by atoms with Crippen LogP contribution in [0.5, 0.6) is 0 Å². The van der Waals surface area contributed by atoms with Crippen molar-refractivity contribution in [3.8, 4) is 0 Å². The molecule has 18 heavy (non-hydrogen) atoms. The molecule has 0 aliphatic rings. The number of benzene rings is 1. The molecule has 0 saturated heterocycles. The SMILES string of the molecule is Cc1ccc(CNC(=O)CN(C)CCN)cc1F. The molecule has 0 unspecified atom stereocenters. The van der Waals surface area contributed by atoms with Crippen molar-refractivity contribution in [3.63, 3.8) is 0 Å². The Morgan fingerprint density at radius 3 is 2.83 bits per heavy atom. The predicted molar refractivity (Wildman–Crippen MR) is 69.5 cm³/mol. The molecule has 4 nitrogen and oxygen atoms in total. The maximum atomic E-state index is 13.3. The number of nitrogens with two attached hydrogens (primary N) is 1. The van der Waals surface area contributed by atoms with Gasteiger partial charge in [0.25, 0.3) is 0 Å². The highest BCUT2D eigenvalue weighted by Crippen LogP contribution is 2.08. The molecule has 0 aliphatic heterocycles. The Kier molecular flexibility index (Phi) is 5.74. The van der Waals surface area contributed by atoms with Crippen LogP contribution in [-0.2, 0) is 11.3 Å². The molecule has 0 radical (unpaired) electrons. The number of hydrogen-bond acceptors (Lipinski definition) is 3. The summed E-state index contributed by atoms with van der Waals surface area (Å²) in [5.41, 5.74) is 6.75. The lowest BCUT2D eigenvalue weighted by atomic mass is 10.1. The van der Waals surface area contributed by atoms with Gasteiger partial charge in [-0.1, -0.05) is 12.1 Å². The van der Waals surface area contributed by atoms with Crippen LogP contribution in [0.2, 0.25) is 0 Å². The molecule has 100 valence electrons. The number of rotatable bonds is 6. The summed E-state index contributed by atoms with van der Waals surface area (Å²) in [5.74, 6) is -0.339. The second-order valence-corrected chi connectivity index (χ2v) is 4.39. The van der Waals surface area contributed by atoms with Crippen LogP contribution in [0.15, 0.2) is 18.2 Å². The van der Waals surface area contributed by atoms with Crippen molar-refractivity contribution in [1.29, 1.82) is 0 Å². The number of carbonyl (C=O) groups excluding carboxylic acids is 1. The van der Waals surface area contributed by atoms with Crippen molar-refractivity contribution in [1.82, 2.24) is 10.2 Å². The van der Waals surface area contributed by atoms with Crippen LogP contribution in [0.1, 0.15) is 11.1 Å². The van der Waals surface area contributed by atoms with Gasteiger partial charge in [0, 0.05) is 19.6 Å². The molecular weight excluding hydrogens is 233 g/mol. The smallest absolute Gasteiger partial charge is 0.234 e. The van der Waals surface area contributed by atoms with Gasteiger partial charge in [0.15, 0.2) is 0 Å². The average Bonchev–Trinajstić information content (AvgIpc) is 2.31. The van der Waals surface area contributed by atoms with Gasteiger partial charge in [0.05, 0.1) is 6.54 Å². The van der Waals surface area contributed by atoms with Gasteiger partial charge in [-0.15, -0.1) is 0 Å². The zero-order chi connectivity index (χ0) is 13.5. The molecule has 1 aromatic rings. The first-order valence-electron chi connectivity index (χ1n) is 5.93. The fourth-order valence-corrected chi connectivity index (χ4v) is 1.55. The first-order valence-corrected chi connectivity index (χ1v) is 5.93. The van der Waals surface area contributed by atoms with E-state index >= 15 is 0 Å². The molecule has 0 aliphatic carbocycles. The van der Waals surface area contributed by atoms with E-state index in [1.54, 1.807) is 13.0 Å². The van der Waals surface area contributed by atoms with Crippen molar-refractivity contribution in [2.45, 2.75) is 13.5 Å². The number of nitrogens with zero attached hydrogens (tertiary/aromatic N) is 1. The second kappa shape index (κ2) is 7.08. The quantitative estimate of drug-likeness (QED) is 0.782. The molecule has 0 spiro atoms. The molecule has 0 heterocycles. The second-order valence-electron chi connectivity index (χ2n) is 4.39. The van der Waals surface area contributed by atoms with Crippen molar-refractivity contribution in [2.75, 3.05) is 26.7 Å². The predicted octanol–water partition coefficient (Wildman–Crippen LogP) is 0.641. The first-order chi connectivity index (χ1) is 8.52. The minimum atomic E-state index is -0.248. The molecule has 1 rings (SSSR count).